The molecule has 0 N–H and O–H groups in total. The number of rotatable bonds is 12. The van der Waals surface area contributed by atoms with Gasteiger partial charge in [0.25, 0.3) is 0 Å². The van der Waals surface area contributed by atoms with E-state index in [0.717, 1.165) is 37.0 Å². The van der Waals surface area contributed by atoms with Crippen LogP contribution in [0, 0.1) is 35.0 Å². The molecule has 3 aliphatic carbocycles. The van der Waals surface area contributed by atoms with Gasteiger partial charge in [-0.05, 0) is 94.3 Å². The van der Waals surface area contributed by atoms with E-state index < -0.39 is 5.41 Å². The van der Waals surface area contributed by atoms with E-state index in [4.69, 9.17) is 4.74 Å². The Morgan fingerprint density at radius 3 is 1.91 bits per heavy atom. The maximum absolute atomic E-state index is 13.1. The average molecular weight is 475 g/mol. The van der Waals surface area contributed by atoms with E-state index in [0.29, 0.717) is 31.3 Å². The number of ether oxygens (including phenoxy) is 1. The van der Waals surface area contributed by atoms with Crippen LogP contribution in [0.1, 0.15) is 143 Å². The predicted octanol–water partition coefficient (Wildman–Crippen LogP) is 8.68. The van der Waals surface area contributed by atoms with E-state index in [9.17, 15) is 9.59 Å². The van der Waals surface area contributed by atoms with Crippen molar-refractivity contribution < 1.29 is 14.3 Å². The lowest BCUT2D eigenvalue weighted by Crippen LogP contribution is -2.44. The van der Waals surface area contributed by atoms with Crippen molar-refractivity contribution in [3.63, 3.8) is 0 Å². The number of esters is 1. The summed E-state index contributed by atoms with van der Waals surface area (Å²) in [6.45, 7) is 6.83. The maximum atomic E-state index is 13.1. The molecule has 0 saturated heterocycles. The second-order valence-corrected chi connectivity index (χ2v) is 12.4. The van der Waals surface area contributed by atoms with Gasteiger partial charge in [-0.3, -0.25) is 9.59 Å². The standard InChI is InChI=1S/C31H54O3/c1-4-6-8-9-10-22-34-30(33)31(3)21-20-28(23-29(31)32)27-18-16-26(17-19-27)25-14-12-24(13-15-25)11-7-5-2/h24-28H,4-23H2,1-3H3/t24?,25?,26?,27?,28-,31+/m1/s1. The number of Topliss-reactive ketones (excluding diaryl/α,β-unsaturated/α-hetero) is 1. The fourth-order valence-electron chi connectivity index (χ4n) is 7.36. The van der Waals surface area contributed by atoms with Crippen LogP contribution in [-0.2, 0) is 14.3 Å². The Hall–Kier alpha value is -0.860. The molecule has 0 aromatic carbocycles. The predicted molar refractivity (Wildman–Crippen MR) is 141 cm³/mol. The average Bonchev–Trinajstić information content (AvgIpc) is 2.87. The van der Waals surface area contributed by atoms with Gasteiger partial charge in [0.2, 0.25) is 0 Å². The minimum absolute atomic E-state index is 0.146. The van der Waals surface area contributed by atoms with Crippen LogP contribution in [0.3, 0.4) is 0 Å². The smallest absolute Gasteiger partial charge is 0.319 e. The van der Waals surface area contributed by atoms with Crippen LogP contribution in [0.4, 0.5) is 0 Å². The monoisotopic (exact) mass is 474 g/mol. The highest BCUT2D eigenvalue weighted by molar-refractivity contribution is 6.04. The summed E-state index contributed by atoms with van der Waals surface area (Å²) in [6.07, 6.45) is 23.4. The maximum Gasteiger partial charge on any atom is 0.319 e. The van der Waals surface area contributed by atoms with E-state index in [1.807, 2.05) is 6.92 Å². The summed E-state index contributed by atoms with van der Waals surface area (Å²) >= 11 is 0. The fourth-order valence-corrected chi connectivity index (χ4v) is 7.36. The summed E-state index contributed by atoms with van der Waals surface area (Å²) in [6, 6.07) is 0. The summed E-state index contributed by atoms with van der Waals surface area (Å²) in [4.78, 5) is 25.9. The molecule has 3 heteroatoms. The van der Waals surface area contributed by atoms with Gasteiger partial charge in [0.15, 0.2) is 0 Å². The van der Waals surface area contributed by atoms with Crippen molar-refractivity contribution >= 4 is 11.8 Å². The number of carbonyl (C=O) groups excluding carboxylic acids is 2. The second kappa shape index (κ2) is 14.0. The minimum atomic E-state index is -0.895. The second-order valence-electron chi connectivity index (χ2n) is 12.4. The van der Waals surface area contributed by atoms with Crippen molar-refractivity contribution in [3.05, 3.63) is 0 Å². The van der Waals surface area contributed by atoms with E-state index in [-0.39, 0.29) is 11.8 Å². The van der Waals surface area contributed by atoms with Gasteiger partial charge in [-0.2, -0.15) is 0 Å². The summed E-state index contributed by atoms with van der Waals surface area (Å²) in [5.41, 5.74) is -0.895. The molecule has 0 spiro atoms. The molecular formula is C31H54O3. The highest BCUT2D eigenvalue weighted by Gasteiger charge is 2.47. The normalized spacial score (nSPS) is 34.7. The molecule has 0 aromatic heterocycles. The number of hydrogen-bond donors (Lipinski definition) is 0. The van der Waals surface area contributed by atoms with Gasteiger partial charge in [0.1, 0.15) is 11.2 Å². The molecule has 3 aliphatic rings. The van der Waals surface area contributed by atoms with Crippen molar-refractivity contribution in [2.24, 2.45) is 35.0 Å². The number of unbranched alkanes of at least 4 members (excludes halogenated alkanes) is 5. The molecule has 3 saturated carbocycles. The van der Waals surface area contributed by atoms with Gasteiger partial charge in [-0.25, -0.2) is 0 Å². The largest absolute Gasteiger partial charge is 0.465 e. The van der Waals surface area contributed by atoms with Crippen molar-refractivity contribution in [2.45, 2.75) is 143 Å². The first-order chi connectivity index (χ1) is 16.5. The van der Waals surface area contributed by atoms with Crippen molar-refractivity contribution in [1.82, 2.24) is 0 Å². The summed E-state index contributed by atoms with van der Waals surface area (Å²) in [5.74, 6) is 3.97. The molecule has 196 valence electrons. The van der Waals surface area contributed by atoms with Crippen LogP contribution in [0.15, 0.2) is 0 Å². The molecule has 0 aromatic rings. The zero-order chi connectivity index (χ0) is 24.4. The molecule has 0 bridgehead atoms. The van der Waals surface area contributed by atoms with E-state index >= 15 is 0 Å². The van der Waals surface area contributed by atoms with Crippen LogP contribution in [0.2, 0.25) is 0 Å². The minimum Gasteiger partial charge on any atom is -0.465 e. The van der Waals surface area contributed by atoms with Crippen LogP contribution < -0.4 is 0 Å². The van der Waals surface area contributed by atoms with Gasteiger partial charge in [0.05, 0.1) is 6.61 Å². The third kappa shape index (κ3) is 7.57. The number of carbonyl (C=O) groups is 2. The molecule has 2 atom stereocenters. The summed E-state index contributed by atoms with van der Waals surface area (Å²) in [7, 11) is 0. The third-order valence-electron chi connectivity index (χ3n) is 10.0. The van der Waals surface area contributed by atoms with Crippen molar-refractivity contribution in [3.8, 4) is 0 Å². The Bertz CT molecular complexity index is 612. The molecule has 34 heavy (non-hydrogen) atoms. The Kier molecular flexibility index (Phi) is 11.4. The molecule has 0 radical (unpaired) electrons. The lowest BCUT2D eigenvalue weighted by Gasteiger charge is -2.42. The first-order valence-electron chi connectivity index (χ1n) is 15.2. The number of hydrogen-bond acceptors (Lipinski definition) is 3. The Morgan fingerprint density at radius 2 is 1.32 bits per heavy atom. The lowest BCUT2D eigenvalue weighted by molar-refractivity contribution is -0.162. The quantitative estimate of drug-likeness (QED) is 0.161. The molecule has 0 heterocycles. The van der Waals surface area contributed by atoms with Crippen LogP contribution in [0.5, 0.6) is 0 Å². The van der Waals surface area contributed by atoms with Crippen LogP contribution >= 0.6 is 0 Å². The molecule has 0 unspecified atom stereocenters. The highest BCUT2D eigenvalue weighted by Crippen LogP contribution is 2.47. The zero-order valence-electron chi connectivity index (χ0n) is 22.8. The summed E-state index contributed by atoms with van der Waals surface area (Å²) < 4.78 is 5.57. The molecule has 0 amide bonds. The van der Waals surface area contributed by atoms with Gasteiger partial charge in [-0.1, -0.05) is 71.6 Å². The molecule has 3 nitrogen and oxygen atoms in total. The van der Waals surface area contributed by atoms with Gasteiger partial charge < -0.3 is 4.74 Å². The van der Waals surface area contributed by atoms with Crippen LogP contribution in [0.25, 0.3) is 0 Å². The molecule has 3 fully saturated rings. The number of ketones is 1. The molecule has 3 rings (SSSR count). The van der Waals surface area contributed by atoms with Crippen molar-refractivity contribution in [1.29, 1.82) is 0 Å². The Morgan fingerprint density at radius 1 is 0.765 bits per heavy atom. The van der Waals surface area contributed by atoms with E-state index in [1.54, 1.807) is 0 Å². The fraction of sp³-hybridized carbons (Fsp3) is 0.935. The third-order valence-corrected chi connectivity index (χ3v) is 10.0. The first kappa shape index (κ1) is 27.7. The first-order valence-corrected chi connectivity index (χ1v) is 15.2. The van der Waals surface area contributed by atoms with Gasteiger partial charge >= 0.3 is 5.97 Å². The lowest BCUT2D eigenvalue weighted by atomic mass is 9.62. The zero-order valence-corrected chi connectivity index (χ0v) is 22.8. The van der Waals surface area contributed by atoms with Crippen LogP contribution in [-0.4, -0.2) is 18.4 Å². The topological polar surface area (TPSA) is 43.4 Å². The van der Waals surface area contributed by atoms with Gasteiger partial charge in [0, 0.05) is 6.42 Å². The SMILES string of the molecule is CCCCCCCOC(=O)[C@@]1(C)CC[C@@H](C2CCC(C3CCC(CCCC)CC3)CC2)CC1=O. The summed E-state index contributed by atoms with van der Waals surface area (Å²) in [5, 5.41) is 0. The molecular weight excluding hydrogens is 420 g/mol. The van der Waals surface area contributed by atoms with E-state index in [2.05, 4.69) is 13.8 Å². The Labute approximate surface area is 210 Å². The van der Waals surface area contributed by atoms with E-state index in [1.165, 1.54) is 89.9 Å². The van der Waals surface area contributed by atoms with Crippen molar-refractivity contribution in [2.75, 3.05) is 6.61 Å². The van der Waals surface area contributed by atoms with Gasteiger partial charge in [-0.15, -0.1) is 0 Å². The molecule has 0 aliphatic heterocycles. The Balaban J connectivity index is 1.36. The highest BCUT2D eigenvalue weighted by atomic mass is 16.5.